The summed E-state index contributed by atoms with van der Waals surface area (Å²) < 4.78 is 5.15. The molecule has 1 aromatic heterocycles. The lowest BCUT2D eigenvalue weighted by Gasteiger charge is -2.04. The molecule has 0 aliphatic heterocycles. The van der Waals surface area contributed by atoms with E-state index in [0.29, 0.717) is 16.5 Å². The number of carbonyl (C=O) groups excluding carboxylic acids is 1. The van der Waals surface area contributed by atoms with Crippen molar-refractivity contribution < 1.29 is 29.3 Å². The molecular weight excluding hydrogens is 300 g/mol. The van der Waals surface area contributed by atoms with E-state index in [0.717, 1.165) is 6.07 Å². The molecule has 0 amide bonds. The van der Waals surface area contributed by atoms with Crippen LogP contribution in [0.3, 0.4) is 0 Å². The molecule has 0 aliphatic carbocycles. The number of phenolic OH excluding ortho intramolecular Hbond substituents is 2. The summed E-state index contributed by atoms with van der Waals surface area (Å²) in [5.41, 5.74) is 1.19. The Kier molecular flexibility index (Phi) is 3.50. The number of hydrogen-bond donors (Lipinski definition) is 3. The van der Waals surface area contributed by atoms with Gasteiger partial charge in [0.15, 0.2) is 5.78 Å². The second-order valence-corrected chi connectivity index (χ2v) is 5.09. The molecule has 3 rings (SSSR count). The lowest BCUT2D eigenvalue weighted by atomic mass is 10.0. The molecule has 3 N–H and O–H groups in total. The number of aromatic hydroxyl groups is 2. The number of ketones is 1. The molecule has 0 saturated heterocycles. The average Bonchev–Trinajstić information content (AvgIpc) is 2.90. The van der Waals surface area contributed by atoms with Crippen molar-refractivity contribution in [3.63, 3.8) is 0 Å². The first-order valence-electron chi connectivity index (χ1n) is 6.75. The van der Waals surface area contributed by atoms with Gasteiger partial charge < -0.3 is 19.7 Å². The Bertz CT molecular complexity index is 922. The highest BCUT2D eigenvalue weighted by Crippen LogP contribution is 2.25. The summed E-state index contributed by atoms with van der Waals surface area (Å²) in [4.78, 5) is 23.1. The van der Waals surface area contributed by atoms with Gasteiger partial charge in [0.05, 0.1) is 5.56 Å². The summed E-state index contributed by atoms with van der Waals surface area (Å²) >= 11 is 0. The van der Waals surface area contributed by atoms with Crippen molar-refractivity contribution in [2.24, 2.45) is 0 Å². The Hall–Kier alpha value is -3.28. The Morgan fingerprint density at radius 1 is 1.00 bits per heavy atom. The molecule has 0 radical (unpaired) electrons. The molecular formula is C17H12O6. The monoisotopic (exact) mass is 312 g/mol. The van der Waals surface area contributed by atoms with Crippen LogP contribution < -0.4 is 0 Å². The zero-order valence-corrected chi connectivity index (χ0v) is 11.8. The SMILES string of the molecule is O=C(O)c1cc2cc(CC(=O)c3ccc(O)cc3O)ccc2o1. The van der Waals surface area contributed by atoms with Gasteiger partial charge in [0.2, 0.25) is 5.76 Å². The lowest BCUT2D eigenvalue weighted by Crippen LogP contribution is -2.03. The first-order chi connectivity index (χ1) is 10.9. The maximum absolute atomic E-state index is 12.2. The number of hydrogen-bond acceptors (Lipinski definition) is 5. The standard InChI is InChI=1S/C17H12O6/c18-11-2-3-12(14(20)8-11)13(19)6-9-1-4-15-10(5-9)7-16(23-15)17(21)22/h1-5,7-8,18,20H,6H2,(H,21,22). The number of benzene rings is 2. The van der Waals surface area contributed by atoms with Crippen molar-refractivity contribution in [2.45, 2.75) is 6.42 Å². The highest BCUT2D eigenvalue weighted by molar-refractivity contribution is 6.00. The molecule has 0 spiro atoms. The van der Waals surface area contributed by atoms with E-state index in [4.69, 9.17) is 9.52 Å². The number of fused-ring (bicyclic) bond motifs is 1. The van der Waals surface area contributed by atoms with Crippen molar-refractivity contribution in [3.05, 3.63) is 59.4 Å². The lowest BCUT2D eigenvalue weighted by molar-refractivity contribution is 0.0664. The molecule has 6 nitrogen and oxygen atoms in total. The molecule has 3 aromatic rings. The minimum atomic E-state index is -1.16. The van der Waals surface area contributed by atoms with Crippen molar-refractivity contribution in [3.8, 4) is 11.5 Å². The molecule has 0 unspecified atom stereocenters. The van der Waals surface area contributed by atoms with E-state index in [-0.39, 0.29) is 35.0 Å². The number of phenols is 2. The smallest absolute Gasteiger partial charge is 0.371 e. The van der Waals surface area contributed by atoms with Crippen LogP contribution in [0.4, 0.5) is 0 Å². The summed E-state index contributed by atoms with van der Waals surface area (Å²) in [6, 6.07) is 10.1. The van der Waals surface area contributed by atoms with Crippen LogP contribution >= 0.6 is 0 Å². The van der Waals surface area contributed by atoms with Crippen LogP contribution in [0.25, 0.3) is 11.0 Å². The van der Waals surface area contributed by atoms with Gasteiger partial charge >= 0.3 is 5.97 Å². The van der Waals surface area contributed by atoms with E-state index in [1.807, 2.05) is 0 Å². The van der Waals surface area contributed by atoms with Gasteiger partial charge in [-0.05, 0) is 35.9 Å². The van der Waals surface area contributed by atoms with Gasteiger partial charge in [0, 0.05) is 17.9 Å². The number of carboxylic acid groups (broad SMARTS) is 1. The normalized spacial score (nSPS) is 10.8. The molecule has 1 heterocycles. The largest absolute Gasteiger partial charge is 0.508 e. The molecule has 23 heavy (non-hydrogen) atoms. The Balaban J connectivity index is 1.88. The predicted octanol–water partition coefficient (Wildman–Crippen LogP) is 2.97. The zero-order chi connectivity index (χ0) is 16.6. The van der Waals surface area contributed by atoms with E-state index in [1.54, 1.807) is 18.2 Å². The predicted molar refractivity (Wildman–Crippen MR) is 81.0 cm³/mol. The Morgan fingerprint density at radius 3 is 2.48 bits per heavy atom. The van der Waals surface area contributed by atoms with Gasteiger partial charge in [-0.1, -0.05) is 6.07 Å². The molecule has 0 bridgehead atoms. The van der Waals surface area contributed by atoms with Crippen LogP contribution in [0.15, 0.2) is 46.9 Å². The summed E-state index contributed by atoms with van der Waals surface area (Å²) in [5, 5.41) is 28.5. The topological polar surface area (TPSA) is 108 Å². The quantitative estimate of drug-likeness (QED) is 0.639. The third kappa shape index (κ3) is 2.87. The summed E-state index contributed by atoms with van der Waals surface area (Å²) in [6.45, 7) is 0. The second kappa shape index (κ2) is 5.49. The maximum Gasteiger partial charge on any atom is 0.371 e. The molecule has 116 valence electrons. The van der Waals surface area contributed by atoms with Crippen LogP contribution in [0.1, 0.15) is 26.5 Å². The van der Waals surface area contributed by atoms with Crippen LogP contribution in [-0.2, 0) is 6.42 Å². The number of rotatable bonds is 4. The fraction of sp³-hybridized carbons (Fsp3) is 0.0588. The Labute approximate surface area is 130 Å². The summed E-state index contributed by atoms with van der Waals surface area (Å²) in [5.74, 6) is -2.05. The number of carboxylic acids is 1. The summed E-state index contributed by atoms with van der Waals surface area (Å²) in [6.07, 6.45) is 0.0296. The number of furan rings is 1. The van der Waals surface area contributed by atoms with Gasteiger partial charge in [0.25, 0.3) is 0 Å². The van der Waals surface area contributed by atoms with Gasteiger partial charge in [-0.3, -0.25) is 4.79 Å². The van der Waals surface area contributed by atoms with Crippen molar-refractivity contribution in [1.82, 2.24) is 0 Å². The van der Waals surface area contributed by atoms with E-state index in [9.17, 15) is 19.8 Å². The second-order valence-electron chi connectivity index (χ2n) is 5.09. The number of aromatic carboxylic acids is 1. The first-order valence-corrected chi connectivity index (χ1v) is 6.75. The van der Waals surface area contributed by atoms with E-state index >= 15 is 0 Å². The van der Waals surface area contributed by atoms with Crippen molar-refractivity contribution in [1.29, 1.82) is 0 Å². The van der Waals surface area contributed by atoms with Crippen molar-refractivity contribution >= 4 is 22.7 Å². The third-order valence-corrected chi connectivity index (χ3v) is 3.44. The van der Waals surface area contributed by atoms with E-state index in [1.165, 1.54) is 18.2 Å². The Morgan fingerprint density at radius 2 is 1.78 bits per heavy atom. The van der Waals surface area contributed by atoms with Crippen LogP contribution in [0.2, 0.25) is 0 Å². The van der Waals surface area contributed by atoms with Crippen molar-refractivity contribution in [2.75, 3.05) is 0 Å². The molecule has 6 heteroatoms. The number of Topliss-reactive ketones (excluding diaryl/α,β-unsaturated/α-hetero) is 1. The fourth-order valence-corrected chi connectivity index (χ4v) is 2.34. The first kappa shape index (κ1) is 14.6. The van der Waals surface area contributed by atoms with Crippen LogP contribution in [0, 0.1) is 0 Å². The van der Waals surface area contributed by atoms with Gasteiger partial charge in [-0.2, -0.15) is 0 Å². The highest BCUT2D eigenvalue weighted by atomic mass is 16.4. The average molecular weight is 312 g/mol. The van der Waals surface area contributed by atoms with E-state index in [2.05, 4.69) is 0 Å². The molecule has 2 aromatic carbocycles. The minimum absolute atomic E-state index is 0.0296. The molecule has 0 saturated carbocycles. The van der Waals surface area contributed by atoms with Gasteiger partial charge in [-0.25, -0.2) is 4.79 Å². The number of carbonyl (C=O) groups is 2. The van der Waals surface area contributed by atoms with Crippen LogP contribution in [-0.4, -0.2) is 27.1 Å². The van der Waals surface area contributed by atoms with Crippen LogP contribution in [0.5, 0.6) is 11.5 Å². The summed E-state index contributed by atoms with van der Waals surface area (Å²) in [7, 11) is 0. The third-order valence-electron chi connectivity index (χ3n) is 3.44. The fourth-order valence-electron chi connectivity index (χ4n) is 2.34. The minimum Gasteiger partial charge on any atom is -0.508 e. The highest BCUT2D eigenvalue weighted by Gasteiger charge is 2.14. The molecule has 0 atom stereocenters. The zero-order valence-electron chi connectivity index (χ0n) is 11.8. The van der Waals surface area contributed by atoms with E-state index < -0.39 is 5.97 Å². The maximum atomic E-state index is 12.2. The molecule has 0 aliphatic rings. The van der Waals surface area contributed by atoms with Gasteiger partial charge in [0.1, 0.15) is 17.1 Å². The van der Waals surface area contributed by atoms with Gasteiger partial charge in [-0.15, -0.1) is 0 Å². The molecule has 0 fully saturated rings.